The number of methoxy groups -OCH3 is 2. The Labute approximate surface area is 146 Å². The number of hydrogen-bond donors (Lipinski definition) is 2. The first-order valence-electron chi connectivity index (χ1n) is 5.77. The summed E-state index contributed by atoms with van der Waals surface area (Å²) in [5.41, 5.74) is 5.90. The van der Waals surface area contributed by atoms with E-state index in [1.807, 2.05) is 0 Å². The molecule has 0 spiro atoms. The number of esters is 1. The number of phenolic OH excluding ortho intramolecular Hbond substituents is 1. The zero-order chi connectivity index (χ0) is 15.7. The van der Waals surface area contributed by atoms with Crippen LogP contribution in [-0.2, 0) is 9.53 Å². The van der Waals surface area contributed by atoms with Crippen molar-refractivity contribution >= 4 is 50.2 Å². The van der Waals surface area contributed by atoms with Crippen LogP contribution in [0.4, 0.5) is 0 Å². The summed E-state index contributed by atoms with van der Waals surface area (Å²) in [6.07, 6.45) is 0. The molecule has 120 valence electrons. The molecule has 0 heterocycles. The Morgan fingerprint density at radius 3 is 2.29 bits per heavy atom. The molecule has 0 amide bonds. The molecule has 0 radical (unpaired) electrons. The van der Waals surface area contributed by atoms with Gasteiger partial charge >= 0.3 is 5.97 Å². The lowest BCUT2D eigenvalue weighted by Crippen LogP contribution is -2.37. The number of halogens is 3. The lowest BCUT2D eigenvalue weighted by atomic mass is 9.81. The number of aromatic hydroxyl groups is 1. The first kappa shape index (κ1) is 20.5. The van der Waals surface area contributed by atoms with Gasteiger partial charge in [0.2, 0.25) is 0 Å². The molecule has 21 heavy (non-hydrogen) atoms. The van der Waals surface area contributed by atoms with Gasteiger partial charge in [-0.25, -0.2) is 0 Å². The maximum atomic E-state index is 11.9. The van der Waals surface area contributed by atoms with Crippen molar-refractivity contribution in [2.75, 3.05) is 14.2 Å². The summed E-state index contributed by atoms with van der Waals surface area (Å²) in [6.45, 7) is 3.40. The Morgan fingerprint density at radius 1 is 1.33 bits per heavy atom. The van der Waals surface area contributed by atoms with Crippen molar-refractivity contribution in [3.63, 3.8) is 0 Å². The number of carbonyl (C=O) groups is 1. The van der Waals surface area contributed by atoms with E-state index in [1.54, 1.807) is 19.9 Å². The average molecular weight is 448 g/mol. The molecule has 0 fully saturated rings. The first-order valence-corrected chi connectivity index (χ1v) is 7.35. The molecule has 0 saturated heterocycles. The molecule has 1 atom stereocenters. The maximum Gasteiger partial charge on any atom is 0.313 e. The SMILES string of the molecule is COC(=O)C(C)(C)[C@H](N)c1cc(OC)c(O)c(Br)c1Br.Cl. The molecule has 0 bridgehead atoms. The molecule has 0 saturated carbocycles. The number of phenols is 1. The van der Waals surface area contributed by atoms with Crippen LogP contribution in [-0.4, -0.2) is 25.3 Å². The molecule has 0 aromatic heterocycles. The number of hydrogen-bond acceptors (Lipinski definition) is 5. The minimum absolute atomic E-state index is 0. The molecule has 8 heteroatoms. The van der Waals surface area contributed by atoms with Crippen molar-refractivity contribution in [1.82, 2.24) is 0 Å². The Kier molecular flexibility index (Phi) is 7.49. The summed E-state index contributed by atoms with van der Waals surface area (Å²) >= 11 is 6.63. The predicted octanol–water partition coefficient (Wildman–Crippen LogP) is 3.55. The molecule has 5 nitrogen and oxygen atoms in total. The highest BCUT2D eigenvalue weighted by molar-refractivity contribution is 9.13. The molecular formula is C13H18Br2ClNO4. The van der Waals surface area contributed by atoms with Crippen LogP contribution in [0.3, 0.4) is 0 Å². The Balaban J connectivity index is 0.00000400. The van der Waals surface area contributed by atoms with E-state index in [0.29, 0.717) is 14.5 Å². The number of benzene rings is 1. The molecule has 0 unspecified atom stereocenters. The van der Waals surface area contributed by atoms with Gasteiger partial charge in [-0.3, -0.25) is 4.79 Å². The highest BCUT2D eigenvalue weighted by Crippen LogP contribution is 2.46. The van der Waals surface area contributed by atoms with E-state index >= 15 is 0 Å². The quantitative estimate of drug-likeness (QED) is 0.690. The van der Waals surface area contributed by atoms with Gasteiger partial charge in [0.25, 0.3) is 0 Å². The van der Waals surface area contributed by atoms with Gasteiger partial charge in [-0.05, 0) is 57.3 Å². The fourth-order valence-corrected chi connectivity index (χ4v) is 2.75. The van der Waals surface area contributed by atoms with Gasteiger partial charge in [-0.1, -0.05) is 0 Å². The second-order valence-corrected chi connectivity index (χ2v) is 6.42. The third-order valence-corrected chi connectivity index (χ3v) is 5.38. The molecule has 1 aromatic carbocycles. The summed E-state index contributed by atoms with van der Waals surface area (Å²) < 4.78 is 10.9. The molecular weight excluding hydrogens is 429 g/mol. The zero-order valence-corrected chi connectivity index (χ0v) is 16.1. The second kappa shape index (κ2) is 7.67. The first-order chi connectivity index (χ1) is 9.18. The van der Waals surface area contributed by atoms with E-state index in [4.69, 9.17) is 15.2 Å². The molecule has 0 aliphatic heterocycles. The van der Waals surface area contributed by atoms with E-state index in [0.717, 1.165) is 0 Å². The average Bonchev–Trinajstić information content (AvgIpc) is 2.43. The second-order valence-electron chi connectivity index (χ2n) is 4.84. The number of nitrogens with two attached hydrogens (primary N) is 1. The van der Waals surface area contributed by atoms with Gasteiger partial charge in [-0.15, -0.1) is 12.4 Å². The highest BCUT2D eigenvalue weighted by atomic mass is 79.9. The lowest BCUT2D eigenvalue weighted by molar-refractivity contribution is -0.152. The summed E-state index contributed by atoms with van der Waals surface area (Å²) in [5.74, 6) is -0.183. The van der Waals surface area contributed by atoms with Gasteiger partial charge in [0.05, 0.1) is 24.1 Å². The molecule has 1 rings (SSSR count). The minimum Gasteiger partial charge on any atom is -0.503 e. The summed E-state index contributed by atoms with van der Waals surface area (Å²) in [7, 11) is 2.76. The van der Waals surface area contributed by atoms with Crippen LogP contribution in [0.25, 0.3) is 0 Å². The van der Waals surface area contributed by atoms with Gasteiger partial charge < -0.3 is 20.3 Å². The van der Waals surface area contributed by atoms with E-state index in [-0.39, 0.29) is 23.9 Å². The van der Waals surface area contributed by atoms with Gasteiger partial charge in [0.1, 0.15) is 0 Å². The lowest BCUT2D eigenvalue weighted by Gasteiger charge is -2.30. The van der Waals surface area contributed by atoms with Crippen LogP contribution in [0.5, 0.6) is 11.5 Å². The number of ether oxygens (including phenoxy) is 2. The Morgan fingerprint density at radius 2 is 1.86 bits per heavy atom. The minimum atomic E-state index is -0.932. The van der Waals surface area contributed by atoms with Crippen LogP contribution in [0.15, 0.2) is 15.0 Å². The molecule has 1 aromatic rings. The fourth-order valence-electron chi connectivity index (χ4n) is 1.77. The van der Waals surface area contributed by atoms with Gasteiger partial charge in [0, 0.05) is 10.5 Å². The standard InChI is InChI=1S/C13H17Br2NO4.ClH/c1-13(2,12(18)20-4)11(16)6-5-7(19-3)10(17)9(15)8(6)14;/h5,11,17H,16H2,1-4H3;1H/t11-;/m1./s1. The van der Waals surface area contributed by atoms with Crippen molar-refractivity contribution < 1.29 is 19.4 Å². The van der Waals surface area contributed by atoms with E-state index < -0.39 is 17.4 Å². The summed E-state index contributed by atoms with van der Waals surface area (Å²) in [6, 6.07) is 0.953. The zero-order valence-electron chi connectivity index (χ0n) is 12.1. The van der Waals surface area contributed by atoms with Crippen molar-refractivity contribution in [1.29, 1.82) is 0 Å². The monoisotopic (exact) mass is 445 g/mol. The summed E-state index contributed by atoms with van der Waals surface area (Å²) in [4.78, 5) is 11.9. The van der Waals surface area contributed by atoms with Crippen LogP contribution in [0.2, 0.25) is 0 Å². The van der Waals surface area contributed by atoms with Crippen LogP contribution in [0.1, 0.15) is 25.5 Å². The van der Waals surface area contributed by atoms with E-state index in [1.165, 1.54) is 14.2 Å². The van der Waals surface area contributed by atoms with Crippen LogP contribution in [0, 0.1) is 5.41 Å². The van der Waals surface area contributed by atoms with E-state index in [9.17, 15) is 9.90 Å². The van der Waals surface area contributed by atoms with Gasteiger partial charge in [0.15, 0.2) is 11.5 Å². The van der Waals surface area contributed by atoms with Crippen molar-refractivity contribution in [3.05, 3.63) is 20.6 Å². The van der Waals surface area contributed by atoms with E-state index in [2.05, 4.69) is 31.9 Å². The topological polar surface area (TPSA) is 81.8 Å². The third kappa shape index (κ3) is 3.83. The largest absolute Gasteiger partial charge is 0.503 e. The van der Waals surface area contributed by atoms with Crippen LogP contribution >= 0.6 is 44.3 Å². The van der Waals surface area contributed by atoms with Crippen molar-refractivity contribution in [2.24, 2.45) is 11.1 Å². The smallest absolute Gasteiger partial charge is 0.313 e. The predicted molar refractivity (Wildman–Crippen MR) is 90.0 cm³/mol. The molecule has 3 N–H and O–H groups in total. The summed E-state index contributed by atoms with van der Waals surface area (Å²) in [5, 5.41) is 9.91. The normalized spacial score (nSPS) is 12.3. The molecule has 0 aliphatic rings. The maximum absolute atomic E-state index is 11.9. The Bertz CT molecular complexity index is 537. The van der Waals surface area contributed by atoms with Crippen LogP contribution < -0.4 is 10.5 Å². The fraction of sp³-hybridized carbons (Fsp3) is 0.462. The highest BCUT2D eigenvalue weighted by Gasteiger charge is 2.38. The number of rotatable bonds is 4. The Hall–Kier alpha value is -0.500. The van der Waals surface area contributed by atoms with Gasteiger partial charge in [-0.2, -0.15) is 0 Å². The van der Waals surface area contributed by atoms with Crippen molar-refractivity contribution in [2.45, 2.75) is 19.9 Å². The van der Waals surface area contributed by atoms with Crippen molar-refractivity contribution in [3.8, 4) is 11.5 Å². The molecule has 0 aliphatic carbocycles. The number of carbonyl (C=O) groups excluding carboxylic acids is 1. The third-order valence-electron chi connectivity index (χ3n) is 3.22.